The number of aromatic amines is 1. The van der Waals surface area contributed by atoms with Gasteiger partial charge in [0, 0.05) is 23.0 Å². The fourth-order valence-corrected chi connectivity index (χ4v) is 1.72. The Morgan fingerprint density at radius 3 is 2.88 bits per heavy atom. The molecule has 5 heteroatoms. The van der Waals surface area contributed by atoms with Crippen LogP contribution < -0.4 is 10.9 Å². The van der Waals surface area contributed by atoms with Crippen molar-refractivity contribution in [2.75, 3.05) is 7.05 Å². The number of carbonyl (C=O) groups is 1. The quantitative estimate of drug-likeness (QED) is 0.789. The van der Waals surface area contributed by atoms with Crippen LogP contribution in [-0.2, 0) is 0 Å². The van der Waals surface area contributed by atoms with Gasteiger partial charge >= 0.3 is 0 Å². The molecule has 0 unspecified atom stereocenters. The fraction of sp³-hybridized carbons (Fsp3) is 0.0909. The van der Waals surface area contributed by atoms with Crippen molar-refractivity contribution in [2.24, 2.45) is 0 Å². The number of fused-ring (bicyclic) bond motifs is 1. The van der Waals surface area contributed by atoms with E-state index in [0.717, 1.165) is 0 Å². The predicted octanol–water partition coefficient (Wildman–Crippen LogP) is 1.54. The first-order valence-corrected chi connectivity index (χ1v) is 5.05. The number of carbonyl (C=O) groups excluding carboxylic acids is 1. The van der Waals surface area contributed by atoms with E-state index >= 15 is 0 Å². The molecule has 0 saturated carbocycles. The monoisotopic (exact) mass is 236 g/mol. The van der Waals surface area contributed by atoms with E-state index in [9.17, 15) is 9.59 Å². The van der Waals surface area contributed by atoms with Gasteiger partial charge in [-0.05, 0) is 18.2 Å². The number of hydrogen-bond acceptors (Lipinski definition) is 2. The molecule has 0 spiro atoms. The Morgan fingerprint density at radius 1 is 1.44 bits per heavy atom. The van der Waals surface area contributed by atoms with Gasteiger partial charge in [0.1, 0.15) is 5.56 Å². The molecule has 0 aliphatic heterocycles. The minimum Gasteiger partial charge on any atom is -0.355 e. The molecule has 0 fully saturated rings. The second-order valence-corrected chi connectivity index (χ2v) is 3.70. The van der Waals surface area contributed by atoms with Crippen molar-refractivity contribution in [1.29, 1.82) is 0 Å². The van der Waals surface area contributed by atoms with Gasteiger partial charge in [0.15, 0.2) is 0 Å². The first kappa shape index (κ1) is 10.7. The van der Waals surface area contributed by atoms with Crippen LogP contribution in [0.15, 0.2) is 29.1 Å². The Balaban J connectivity index is 2.79. The first-order valence-electron chi connectivity index (χ1n) is 4.67. The number of pyridine rings is 1. The van der Waals surface area contributed by atoms with Crippen LogP contribution in [0.3, 0.4) is 0 Å². The Bertz CT molecular complexity index is 619. The van der Waals surface area contributed by atoms with E-state index in [1.54, 1.807) is 18.2 Å². The highest BCUT2D eigenvalue weighted by atomic mass is 35.5. The Labute approximate surface area is 96.2 Å². The summed E-state index contributed by atoms with van der Waals surface area (Å²) in [6.45, 7) is 0. The maximum Gasteiger partial charge on any atom is 0.261 e. The number of H-pyrrole nitrogens is 1. The third-order valence-electron chi connectivity index (χ3n) is 2.31. The van der Waals surface area contributed by atoms with Crippen LogP contribution in [0.25, 0.3) is 10.9 Å². The molecule has 0 aliphatic carbocycles. The molecule has 0 saturated heterocycles. The third-order valence-corrected chi connectivity index (χ3v) is 2.64. The topological polar surface area (TPSA) is 62.0 Å². The summed E-state index contributed by atoms with van der Waals surface area (Å²) in [5.41, 5.74) is 0.252. The molecule has 2 aromatic rings. The Kier molecular flexibility index (Phi) is 2.66. The van der Waals surface area contributed by atoms with Gasteiger partial charge < -0.3 is 10.3 Å². The largest absolute Gasteiger partial charge is 0.355 e. The van der Waals surface area contributed by atoms with Crippen molar-refractivity contribution in [3.05, 3.63) is 45.2 Å². The summed E-state index contributed by atoms with van der Waals surface area (Å²) in [5.74, 6) is -0.428. The smallest absolute Gasteiger partial charge is 0.261 e. The van der Waals surface area contributed by atoms with Crippen molar-refractivity contribution in [3.63, 3.8) is 0 Å². The summed E-state index contributed by atoms with van der Waals surface area (Å²) in [6.07, 6.45) is 0. The van der Waals surface area contributed by atoms with Gasteiger partial charge in [-0.2, -0.15) is 0 Å². The molecule has 0 atom stereocenters. The second kappa shape index (κ2) is 3.98. The van der Waals surface area contributed by atoms with E-state index in [-0.39, 0.29) is 5.56 Å². The van der Waals surface area contributed by atoms with E-state index in [1.807, 2.05) is 0 Å². The van der Waals surface area contributed by atoms with Gasteiger partial charge in [-0.25, -0.2) is 0 Å². The number of hydrogen-bond donors (Lipinski definition) is 2. The molecule has 0 radical (unpaired) electrons. The Morgan fingerprint density at radius 2 is 2.19 bits per heavy atom. The van der Waals surface area contributed by atoms with E-state index in [1.165, 1.54) is 13.1 Å². The van der Waals surface area contributed by atoms with Gasteiger partial charge in [-0.3, -0.25) is 9.59 Å². The average molecular weight is 237 g/mol. The van der Waals surface area contributed by atoms with Gasteiger partial charge in [0.2, 0.25) is 0 Å². The van der Waals surface area contributed by atoms with Gasteiger partial charge in [0.05, 0.1) is 0 Å². The lowest BCUT2D eigenvalue weighted by atomic mass is 10.1. The molecule has 2 N–H and O–H groups in total. The third kappa shape index (κ3) is 1.67. The number of amides is 1. The zero-order valence-corrected chi connectivity index (χ0v) is 9.26. The highest BCUT2D eigenvalue weighted by Crippen LogP contribution is 2.21. The first-order chi connectivity index (χ1) is 7.63. The van der Waals surface area contributed by atoms with Crippen molar-refractivity contribution >= 4 is 28.4 Å². The van der Waals surface area contributed by atoms with Crippen LogP contribution >= 0.6 is 11.6 Å². The van der Waals surface area contributed by atoms with Crippen molar-refractivity contribution in [2.45, 2.75) is 0 Å². The van der Waals surface area contributed by atoms with Crippen LogP contribution in [0, 0.1) is 0 Å². The summed E-state index contributed by atoms with van der Waals surface area (Å²) in [4.78, 5) is 25.6. The number of aromatic nitrogens is 1. The lowest BCUT2D eigenvalue weighted by Gasteiger charge is -2.03. The fourth-order valence-electron chi connectivity index (χ4n) is 1.50. The van der Waals surface area contributed by atoms with Crippen molar-refractivity contribution < 1.29 is 4.79 Å². The van der Waals surface area contributed by atoms with Crippen LogP contribution in [0.5, 0.6) is 0 Å². The highest BCUT2D eigenvalue weighted by Gasteiger charge is 2.10. The maximum absolute atomic E-state index is 11.6. The molecule has 4 nitrogen and oxygen atoms in total. The number of nitrogens with one attached hydrogen (secondary N) is 2. The molecule has 0 bridgehead atoms. The van der Waals surface area contributed by atoms with Gasteiger partial charge in [-0.1, -0.05) is 17.7 Å². The van der Waals surface area contributed by atoms with Crippen molar-refractivity contribution in [1.82, 2.24) is 10.3 Å². The molecule has 1 aromatic carbocycles. The van der Waals surface area contributed by atoms with Crippen LogP contribution in [0.4, 0.5) is 0 Å². The maximum atomic E-state index is 11.6. The minimum absolute atomic E-state index is 0.0584. The van der Waals surface area contributed by atoms with E-state index < -0.39 is 11.5 Å². The molecular weight excluding hydrogens is 228 g/mol. The van der Waals surface area contributed by atoms with E-state index in [4.69, 9.17) is 11.6 Å². The summed E-state index contributed by atoms with van der Waals surface area (Å²) >= 11 is 5.98. The highest BCUT2D eigenvalue weighted by molar-refractivity contribution is 6.35. The average Bonchev–Trinajstić information content (AvgIpc) is 2.28. The molecule has 1 aromatic heterocycles. The summed E-state index contributed by atoms with van der Waals surface area (Å²) in [6, 6.07) is 6.67. The lowest BCUT2D eigenvalue weighted by molar-refractivity contribution is 0.0962. The number of halogens is 1. The lowest BCUT2D eigenvalue weighted by Crippen LogP contribution is -2.26. The van der Waals surface area contributed by atoms with Crippen LogP contribution in [0.2, 0.25) is 5.02 Å². The summed E-state index contributed by atoms with van der Waals surface area (Å²) in [7, 11) is 1.47. The van der Waals surface area contributed by atoms with Crippen molar-refractivity contribution in [3.8, 4) is 0 Å². The zero-order chi connectivity index (χ0) is 11.7. The van der Waals surface area contributed by atoms with E-state index in [2.05, 4.69) is 10.3 Å². The SMILES string of the molecule is CNC(=O)c1cc2c(Cl)cccc2[nH]c1=O. The molecule has 2 rings (SSSR count). The predicted molar refractivity (Wildman–Crippen MR) is 63.0 cm³/mol. The molecule has 1 heterocycles. The standard InChI is InChI=1S/C11H9ClN2O2/c1-13-10(15)7-5-6-8(12)3-2-4-9(6)14-11(7)16/h2-5H,1H3,(H,13,15)(H,14,16). The Hall–Kier alpha value is -1.81. The summed E-state index contributed by atoms with van der Waals surface area (Å²) in [5, 5.41) is 3.56. The minimum atomic E-state index is -0.428. The van der Waals surface area contributed by atoms with E-state index in [0.29, 0.717) is 15.9 Å². The molecular formula is C11H9ClN2O2. The normalized spacial score (nSPS) is 10.4. The van der Waals surface area contributed by atoms with Gasteiger partial charge in [-0.15, -0.1) is 0 Å². The molecule has 0 aliphatic rings. The van der Waals surface area contributed by atoms with Gasteiger partial charge in [0.25, 0.3) is 11.5 Å². The number of benzene rings is 1. The summed E-state index contributed by atoms with van der Waals surface area (Å²) < 4.78 is 0. The molecule has 1 amide bonds. The second-order valence-electron chi connectivity index (χ2n) is 3.29. The molecule has 16 heavy (non-hydrogen) atoms. The number of rotatable bonds is 1. The zero-order valence-electron chi connectivity index (χ0n) is 8.50. The van der Waals surface area contributed by atoms with Crippen LogP contribution in [0.1, 0.15) is 10.4 Å². The molecule has 82 valence electrons. The van der Waals surface area contributed by atoms with Crippen LogP contribution in [-0.4, -0.2) is 17.9 Å².